The Labute approximate surface area is 265 Å². The van der Waals surface area contributed by atoms with E-state index in [1.807, 2.05) is 34.6 Å². The van der Waals surface area contributed by atoms with Gasteiger partial charge in [-0.15, -0.1) is 0 Å². The van der Waals surface area contributed by atoms with E-state index in [1.54, 1.807) is 0 Å². The number of epoxide rings is 1. The zero-order chi connectivity index (χ0) is 32.9. The maximum Gasteiger partial charge on any atom is 0.186 e. The highest BCUT2D eigenvalue weighted by Crippen LogP contribution is 2.87. The Kier molecular flexibility index (Phi) is 6.95. The van der Waals surface area contributed by atoms with Gasteiger partial charge in [-0.1, -0.05) is 46.3 Å². The largest absolute Gasteiger partial charge is 0.392 e. The molecule has 5 aliphatic carbocycles. The molecule has 0 unspecified atom stereocenters. The number of carbonyl (C=O) groups excluding carboxylic acids is 2. The van der Waals surface area contributed by atoms with Gasteiger partial charge in [0.15, 0.2) is 17.9 Å². The second kappa shape index (κ2) is 9.68. The standard InChI is InChI=1S/C35H52O10/c1-16(12-17(36)28-31(4,5)45-28)23-25(40)27(42)33(7)20-9-8-19-30(2,3)22(44-29-26(41)24(39)18(37)14-43-29)10-11-34(19)15-35(20,34)21(38)13-32(23,33)6/h9,16,18-19,21-24,26-29,37-39,41-42H,8,10-15H2,1-7H3/t16-,18-,19-,21+,22+,23+,24+,26-,27-,28+,29+,32-,33-,34-,35+/m1/s1. The summed E-state index contributed by atoms with van der Waals surface area (Å²) in [5, 5.41) is 54.7. The topological polar surface area (TPSA) is 166 Å². The summed E-state index contributed by atoms with van der Waals surface area (Å²) in [5.74, 6) is -0.982. The number of allylic oxidation sites excluding steroid dienone is 1. The van der Waals surface area contributed by atoms with Crippen molar-refractivity contribution in [3.8, 4) is 0 Å². The lowest BCUT2D eigenvalue weighted by Crippen LogP contribution is -2.60. The molecule has 2 saturated heterocycles. The zero-order valence-electron chi connectivity index (χ0n) is 27.7. The van der Waals surface area contributed by atoms with E-state index in [4.69, 9.17) is 14.2 Å². The lowest BCUT2D eigenvalue weighted by Gasteiger charge is -2.61. The Morgan fingerprint density at radius 2 is 1.73 bits per heavy atom. The van der Waals surface area contributed by atoms with Crippen LogP contribution < -0.4 is 0 Å². The summed E-state index contributed by atoms with van der Waals surface area (Å²) in [7, 11) is 0. The molecule has 4 saturated carbocycles. The summed E-state index contributed by atoms with van der Waals surface area (Å²) in [4.78, 5) is 27.1. The molecule has 0 aromatic heterocycles. The quantitative estimate of drug-likeness (QED) is 0.216. The molecule has 0 radical (unpaired) electrons. The molecule has 7 aliphatic rings. The van der Waals surface area contributed by atoms with Gasteiger partial charge in [-0.2, -0.15) is 0 Å². The molecule has 45 heavy (non-hydrogen) atoms. The van der Waals surface area contributed by atoms with Gasteiger partial charge in [-0.05, 0) is 74.0 Å². The van der Waals surface area contributed by atoms with Crippen molar-refractivity contribution >= 4 is 11.6 Å². The van der Waals surface area contributed by atoms with E-state index >= 15 is 0 Å². The Morgan fingerprint density at radius 1 is 1.07 bits per heavy atom. The number of aliphatic hydroxyl groups is 5. The van der Waals surface area contributed by atoms with Crippen LogP contribution in [-0.2, 0) is 23.8 Å². The van der Waals surface area contributed by atoms with E-state index in [9.17, 15) is 35.1 Å². The van der Waals surface area contributed by atoms with Crippen LogP contribution in [0.25, 0.3) is 0 Å². The third-order valence-corrected chi connectivity index (χ3v) is 14.5. The normalized spacial score (nSPS) is 54.6. The number of fused-ring (bicyclic) bond motifs is 2. The number of hydrogen-bond donors (Lipinski definition) is 5. The van der Waals surface area contributed by atoms with Crippen LogP contribution in [0.4, 0.5) is 0 Å². The van der Waals surface area contributed by atoms with Gasteiger partial charge in [0.1, 0.15) is 30.5 Å². The fraction of sp³-hybridized carbons (Fsp3) is 0.886. The van der Waals surface area contributed by atoms with E-state index in [0.29, 0.717) is 19.3 Å². The van der Waals surface area contributed by atoms with Crippen molar-refractivity contribution in [1.29, 1.82) is 0 Å². The van der Waals surface area contributed by atoms with Crippen molar-refractivity contribution in [2.24, 2.45) is 44.8 Å². The van der Waals surface area contributed by atoms with E-state index in [-0.39, 0.29) is 53.4 Å². The van der Waals surface area contributed by atoms with Crippen molar-refractivity contribution in [1.82, 2.24) is 0 Å². The summed E-state index contributed by atoms with van der Waals surface area (Å²) in [6.45, 7) is 13.9. The third kappa shape index (κ3) is 3.91. The van der Waals surface area contributed by atoms with E-state index < -0.39 is 70.7 Å². The van der Waals surface area contributed by atoms with Crippen molar-refractivity contribution in [3.05, 3.63) is 11.6 Å². The molecule has 2 heterocycles. The molecule has 0 aromatic carbocycles. The van der Waals surface area contributed by atoms with Gasteiger partial charge in [0.05, 0.1) is 24.4 Å². The molecule has 2 spiro atoms. The maximum absolute atomic E-state index is 14.0. The Hall–Kier alpha value is -1.24. The molecule has 7 rings (SSSR count). The number of rotatable bonds is 6. The molecule has 15 atom stereocenters. The predicted octanol–water partition coefficient (Wildman–Crippen LogP) is 2.06. The zero-order valence-corrected chi connectivity index (χ0v) is 27.7. The van der Waals surface area contributed by atoms with Crippen LogP contribution in [0.15, 0.2) is 11.6 Å². The Morgan fingerprint density at radius 3 is 2.38 bits per heavy atom. The molecular formula is C35H52O10. The molecule has 2 aliphatic heterocycles. The molecule has 252 valence electrons. The first-order valence-electron chi connectivity index (χ1n) is 16.9. The average Bonchev–Trinajstić information content (AvgIpc) is 3.82. The summed E-state index contributed by atoms with van der Waals surface area (Å²) in [5.41, 5.74) is -2.21. The summed E-state index contributed by atoms with van der Waals surface area (Å²) >= 11 is 0. The number of ether oxygens (including phenoxy) is 3. The van der Waals surface area contributed by atoms with Crippen LogP contribution >= 0.6 is 0 Å². The summed E-state index contributed by atoms with van der Waals surface area (Å²) in [6, 6.07) is 0. The Bertz CT molecular complexity index is 1330. The van der Waals surface area contributed by atoms with E-state index in [1.165, 1.54) is 0 Å². The molecule has 0 bridgehead atoms. The summed E-state index contributed by atoms with van der Waals surface area (Å²) in [6.07, 6.45) is -1.92. The number of carbonyl (C=O) groups is 2. The molecule has 0 aromatic rings. The molecule has 6 fully saturated rings. The molecule has 10 nitrogen and oxygen atoms in total. The minimum absolute atomic E-state index is 0.0151. The lowest BCUT2D eigenvalue weighted by atomic mass is 9.44. The third-order valence-electron chi connectivity index (χ3n) is 14.5. The minimum atomic E-state index is -1.36. The smallest absolute Gasteiger partial charge is 0.186 e. The molecule has 10 heteroatoms. The van der Waals surface area contributed by atoms with Gasteiger partial charge < -0.3 is 39.7 Å². The second-order valence-electron chi connectivity index (χ2n) is 17.3. The fourth-order valence-corrected chi connectivity index (χ4v) is 11.9. The SMILES string of the molecule is C[C@H](CC(=O)[C@@H]1OC1(C)C)[C@H]1C(=O)[C@@H](O)[C@@]2(C)C3=CC[C@@H]4C(C)(C)[C@@H](O[C@@H]5OC[C@@H](O)[C@H](O)[C@H]5O)CC[C@@]45C[C@@]35[C@@H](O)C[C@]12C. The van der Waals surface area contributed by atoms with Crippen LogP contribution in [0.5, 0.6) is 0 Å². The predicted molar refractivity (Wildman–Crippen MR) is 160 cm³/mol. The second-order valence-corrected chi connectivity index (χ2v) is 17.3. The van der Waals surface area contributed by atoms with Crippen LogP contribution in [0.1, 0.15) is 87.0 Å². The van der Waals surface area contributed by atoms with Crippen molar-refractivity contribution < 1.29 is 49.3 Å². The first-order chi connectivity index (χ1) is 20.8. The van der Waals surface area contributed by atoms with Gasteiger partial charge >= 0.3 is 0 Å². The molecule has 0 amide bonds. The van der Waals surface area contributed by atoms with Gasteiger partial charge in [0, 0.05) is 23.2 Å². The van der Waals surface area contributed by atoms with Crippen LogP contribution in [0, 0.1) is 44.8 Å². The maximum atomic E-state index is 14.0. The van der Waals surface area contributed by atoms with Crippen LogP contribution in [0.3, 0.4) is 0 Å². The van der Waals surface area contributed by atoms with Crippen molar-refractivity contribution in [2.45, 2.75) is 142 Å². The number of Topliss-reactive ketones (excluding diaryl/α,β-unsaturated/α-hetero) is 2. The van der Waals surface area contributed by atoms with Gasteiger partial charge in [-0.3, -0.25) is 9.59 Å². The highest BCUT2D eigenvalue weighted by atomic mass is 16.7. The van der Waals surface area contributed by atoms with Crippen molar-refractivity contribution in [3.63, 3.8) is 0 Å². The fourth-order valence-electron chi connectivity index (χ4n) is 11.9. The van der Waals surface area contributed by atoms with Gasteiger partial charge in [0.2, 0.25) is 0 Å². The number of ketones is 2. The average molecular weight is 633 g/mol. The van der Waals surface area contributed by atoms with Crippen LogP contribution in [0.2, 0.25) is 0 Å². The summed E-state index contributed by atoms with van der Waals surface area (Å²) < 4.78 is 17.5. The first-order valence-corrected chi connectivity index (χ1v) is 16.9. The highest BCUT2D eigenvalue weighted by molar-refractivity contribution is 5.93. The molecule has 5 N–H and O–H groups in total. The lowest BCUT2D eigenvalue weighted by molar-refractivity contribution is -0.301. The Balaban J connectivity index is 1.18. The van der Waals surface area contributed by atoms with Crippen molar-refractivity contribution in [2.75, 3.05) is 6.61 Å². The van der Waals surface area contributed by atoms with Crippen LogP contribution in [-0.4, -0.2) is 98.3 Å². The van der Waals surface area contributed by atoms with Gasteiger partial charge in [0.25, 0.3) is 0 Å². The van der Waals surface area contributed by atoms with Gasteiger partial charge in [-0.25, -0.2) is 0 Å². The minimum Gasteiger partial charge on any atom is -0.392 e. The van der Waals surface area contributed by atoms with E-state index in [2.05, 4.69) is 19.9 Å². The number of hydrogen-bond acceptors (Lipinski definition) is 10. The highest BCUT2D eigenvalue weighted by Gasteiger charge is 2.85. The van der Waals surface area contributed by atoms with E-state index in [0.717, 1.165) is 18.4 Å². The number of aliphatic hydroxyl groups excluding tert-OH is 5. The first kappa shape index (κ1) is 32.3. The monoisotopic (exact) mass is 632 g/mol. The molecular weight excluding hydrogens is 580 g/mol.